The number of nitrogens with zero attached hydrogens (tertiary/aromatic N) is 1. The summed E-state index contributed by atoms with van der Waals surface area (Å²) in [6, 6.07) is 1.89. The van der Waals surface area contributed by atoms with E-state index in [4.69, 9.17) is 23.2 Å². The largest absolute Gasteiger partial charge is 0.481 e. The van der Waals surface area contributed by atoms with Crippen molar-refractivity contribution in [1.29, 1.82) is 0 Å². The van der Waals surface area contributed by atoms with Crippen LogP contribution in [0.4, 0.5) is 0 Å². The molecule has 2 atom stereocenters. The van der Waals surface area contributed by atoms with Gasteiger partial charge < -0.3 is 10.2 Å². The molecule has 0 amide bonds. The molecule has 1 aliphatic rings. The summed E-state index contributed by atoms with van der Waals surface area (Å²) in [5, 5.41) is 18.8. The summed E-state index contributed by atoms with van der Waals surface area (Å²) >= 11 is 11.6. The molecule has 2 unspecified atom stereocenters. The average Bonchev–Trinajstić information content (AvgIpc) is 2.77. The van der Waals surface area contributed by atoms with Gasteiger partial charge in [0.15, 0.2) is 0 Å². The van der Waals surface area contributed by atoms with E-state index in [-0.39, 0.29) is 27.9 Å². The van der Waals surface area contributed by atoms with Crippen molar-refractivity contribution in [1.82, 2.24) is 4.31 Å². The van der Waals surface area contributed by atoms with Gasteiger partial charge in [0.1, 0.15) is 6.04 Å². The summed E-state index contributed by atoms with van der Waals surface area (Å²) in [4.78, 5) is 22.7. The summed E-state index contributed by atoms with van der Waals surface area (Å²) < 4.78 is 26.1. The number of benzene rings is 1. The Labute approximate surface area is 142 Å². The van der Waals surface area contributed by atoms with Crippen LogP contribution in [-0.4, -0.2) is 47.5 Å². The maximum atomic E-state index is 12.7. The Morgan fingerprint density at radius 1 is 1.22 bits per heavy atom. The molecule has 0 saturated carbocycles. The van der Waals surface area contributed by atoms with E-state index in [9.17, 15) is 28.2 Å². The fraction of sp³-hybridized carbons (Fsp3) is 0.385. The molecule has 0 bridgehead atoms. The summed E-state index contributed by atoms with van der Waals surface area (Å²) in [6.45, 7) is 0.987. The SMILES string of the molecule is CC1(C(=O)O)CCN(S(=O)(=O)c2cc(Cl)cc(Cl)c2)C1C(=O)O. The molecule has 126 valence electrons. The van der Waals surface area contributed by atoms with Crippen molar-refractivity contribution in [3.8, 4) is 0 Å². The molecule has 2 N–H and O–H groups in total. The molecule has 23 heavy (non-hydrogen) atoms. The highest BCUT2D eigenvalue weighted by Gasteiger charge is 2.57. The molecular weight excluding hydrogens is 369 g/mol. The highest BCUT2D eigenvalue weighted by Crippen LogP contribution is 2.40. The summed E-state index contributed by atoms with van der Waals surface area (Å²) in [7, 11) is -4.26. The minimum Gasteiger partial charge on any atom is -0.481 e. The molecule has 0 aromatic heterocycles. The molecule has 1 heterocycles. The Morgan fingerprint density at radius 2 is 1.74 bits per heavy atom. The first-order chi connectivity index (χ1) is 10.5. The van der Waals surface area contributed by atoms with E-state index >= 15 is 0 Å². The van der Waals surface area contributed by atoms with E-state index in [2.05, 4.69) is 0 Å². The fourth-order valence-electron chi connectivity index (χ4n) is 2.62. The van der Waals surface area contributed by atoms with Crippen LogP contribution in [0.5, 0.6) is 0 Å². The van der Waals surface area contributed by atoms with Gasteiger partial charge in [-0.05, 0) is 31.5 Å². The molecule has 7 nitrogen and oxygen atoms in total. The summed E-state index contributed by atoms with van der Waals surface area (Å²) in [6.07, 6.45) is -0.118. The topological polar surface area (TPSA) is 112 Å². The van der Waals surface area contributed by atoms with Gasteiger partial charge in [0.2, 0.25) is 10.0 Å². The first-order valence-corrected chi connectivity index (χ1v) is 8.64. The number of aliphatic carboxylic acids is 2. The number of carboxylic acid groups (broad SMARTS) is 2. The predicted molar refractivity (Wildman–Crippen MR) is 82.1 cm³/mol. The van der Waals surface area contributed by atoms with Crippen molar-refractivity contribution < 1.29 is 28.2 Å². The predicted octanol–water partition coefficient (Wildman–Crippen LogP) is 1.93. The maximum Gasteiger partial charge on any atom is 0.323 e. The first kappa shape index (κ1) is 18.0. The smallest absolute Gasteiger partial charge is 0.323 e. The minimum atomic E-state index is -4.26. The maximum absolute atomic E-state index is 12.7. The average molecular weight is 382 g/mol. The third kappa shape index (κ3) is 3.03. The van der Waals surface area contributed by atoms with Crippen LogP contribution in [0.1, 0.15) is 13.3 Å². The van der Waals surface area contributed by atoms with Gasteiger partial charge in [-0.1, -0.05) is 23.2 Å². The van der Waals surface area contributed by atoms with Gasteiger partial charge in [-0.25, -0.2) is 8.42 Å². The standard InChI is InChI=1S/C13H13Cl2NO6S/c1-13(12(19)20)2-3-16(10(13)11(17)18)23(21,22)9-5-7(14)4-8(15)6-9/h4-6,10H,2-3H2,1H3,(H,17,18)(H,19,20). The van der Waals surface area contributed by atoms with Crippen LogP contribution in [-0.2, 0) is 19.6 Å². The Bertz CT molecular complexity index is 760. The van der Waals surface area contributed by atoms with Gasteiger partial charge in [-0.3, -0.25) is 9.59 Å². The van der Waals surface area contributed by atoms with Crippen molar-refractivity contribution >= 4 is 45.2 Å². The molecule has 1 fully saturated rings. The van der Waals surface area contributed by atoms with Crippen LogP contribution in [0.15, 0.2) is 23.1 Å². The molecule has 1 aliphatic heterocycles. The second-order valence-corrected chi connectivity index (χ2v) is 8.20. The second-order valence-electron chi connectivity index (χ2n) is 5.43. The van der Waals surface area contributed by atoms with E-state index in [1.165, 1.54) is 13.0 Å². The van der Waals surface area contributed by atoms with E-state index in [0.29, 0.717) is 4.31 Å². The Kier molecular flexibility index (Phi) is 4.64. The normalized spacial score (nSPS) is 25.4. The highest BCUT2D eigenvalue weighted by molar-refractivity contribution is 7.89. The lowest BCUT2D eigenvalue weighted by molar-refractivity contribution is -0.157. The van der Waals surface area contributed by atoms with E-state index in [1.54, 1.807) is 0 Å². The van der Waals surface area contributed by atoms with Gasteiger partial charge in [-0.2, -0.15) is 4.31 Å². The molecule has 2 rings (SSSR count). The molecular formula is C13H13Cl2NO6S. The van der Waals surface area contributed by atoms with E-state index in [1.807, 2.05) is 0 Å². The minimum absolute atomic E-state index is 0.0724. The third-order valence-electron chi connectivity index (χ3n) is 3.91. The third-order valence-corrected chi connectivity index (χ3v) is 6.19. The van der Waals surface area contributed by atoms with Crippen molar-refractivity contribution in [2.75, 3.05) is 6.54 Å². The molecule has 0 aliphatic carbocycles. The molecule has 1 aromatic carbocycles. The zero-order valence-corrected chi connectivity index (χ0v) is 14.2. The van der Waals surface area contributed by atoms with Crippen LogP contribution in [0.25, 0.3) is 0 Å². The summed E-state index contributed by atoms with van der Waals surface area (Å²) in [5.41, 5.74) is -1.72. The molecule has 1 saturated heterocycles. The van der Waals surface area contributed by atoms with E-state index in [0.717, 1.165) is 12.1 Å². The summed E-state index contributed by atoms with van der Waals surface area (Å²) in [5.74, 6) is -2.89. The number of hydrogen-bond donors (Lipinski definition) is 2. The Balaban J connectivity index is 2.55. The first-order valence-electron chi connectivity index (χ1n) is 6.44. The number of sulfonamides is 1. The monoisotopic (exact) mass is 381 g/mol. The van der Waals surface area contributed by atoms with Gasteiger partial charge in [-0.15, -0.1) is 0 Å². The number of rotatable bonds is 4. The van der Waals surface area contributed by atoms with Crippen LogP contribution >= 0.6 is 23.2 Å². The Morgan fingerprint density at radius 3 is 2.17 bits per heavy atom. The molecule has 0 radical (unpaired) electrons. The number of carboxylic acids is 2. The fourth-order valence-corrected chi connectivity index (χ4v) is 5.03. The van der Waals surface area contributed by atoms with Crippen molar-refractivity contribution in [2.24, 2.45) is 5.41 Å². The highest BCUT2D eigenvalue weighted by atomic mass is 35.5. The second kappa shape index (κ2) is 5.94. The van der Waals surface area contributed by atoms with Gasteiger partial charge in [0, 0.05) is 16.6 Å². The van der Waals surface area contributed by atoms with Crippen LogP contribution in [0, 0.1) is 5.41 Å². The van der Waals surface area contributed by atoms with Crippen molar-refractivity contribution in [2.45, 2.75) is 24.3 Å². The van der Waals surface area contributed by atoms with Crippen molar-refractivity contribution in [3.63, 3.8) is 0 Å². The van der Waals surface area contributed by atoms with Crippen LogP contribution < -0.4 is 0 Å². The van der Waals surface area contributed by atoms with E-state index < -0.39 is 33.4 Å². The number of halogens is 2. The van der Waals surface area contributed by atoms with Crippen molar-refractivity contribution in [3.05, 3.63) is 28.2 Å². The molecule has 10 heteroatoms. The molecule has 1 aromatic rings. The quantitative estimate of drug-likeness (QED) is 0.823. The van der Waals surface area contributed by atoms with Gasteiger partial charge >= 0.3 is 11.9 Å². The Hall–Kier alpha value is -1.35. The lowest BCUT2D eigenvalue weighted by Crippen LogP contribution is -2.50. The van der Waals surface area contributed by atoms with Gasteiger partial charge in [0.05, 0.1) is 10.3 Å². The van der Waals surface area contributed by atoms with Crippen LogP contribution in [0.2, 0.25) is 10.0 Å². The zero-order chi connectivity index (χ0) is 17.6. The lowest BCUT2D eigenvalue weighted by Gasteiger charge is -2.28. The van der Waals surface area contributed by atoms with Crippen LogP contribution in [0.3, 0.4) is 0 Å². The number of hydrogen-bond acceptors (Lipinski definition) is 4. The number of carbonyl (C=O) groups is 2. The zero-order valence-electron chi connectivity index (χ0n) is 11.9. The molecule has 0 spiro atoms. The van der Waals surface area contributed by atoms with Gasteiger partial charge in [0.25, 0.3) is 0 Å². The lowest BCUT2D eigenvalue weighted by atomic mass is 9.83.